The smallest absolute Gasteiger partial charge is 0.224 e. The van der Waals surface area contributed by atoms with E-state index in [4.69, 9.17) is 5.26 Å². The summed E-state index contributed by atoms with van der Waals surface area (Å²) in [5.74, 6) is -0.673. The number of carbonyl (C=O) groups is 1. The van der Waals surface area contributed by atoms with Crippen molar-refractivity contribution in [2.75, 3.05) is 6.54 Å². The molecule has 0 heterocycles. The van der Waals surface area contributed by atoms with E-state index in [0.717, 1.165) is 0 Å². The molecule has 0 aliphatic rings. The van der Waals surface area contributed by atoms with Gasteiger partial charge in [-0.1, -0.05) is 0 Å². The molecule has 0 saturated carbocycles. The molecule has 0 spiro atoms. The maximum Gasteiger partial charge on any atom is 0.224 e. The highest BCUT2D eigenvalue weighted by molar-refractivity contribution is 5.78. The predicted molar refractivity (Wildman–Crippen MR) is 42.7 cm³/mol. The molecule has 0 aromatic rings. The van der Waals surface area contributed by atoms with Crippen LogP contribution in [0.1, 0.15) is 20.3 Å². The van der Waals surface area contributed by atoms with Gasteiger partial charge in [-0.2, -0.15) is 5.26 Å². The Morgan fingerprint density at radius 3 is 2.58 bits per heavy atom. The van der Waals surface area contributed by atoms with Crippen LogP contribution in [-0.2, 0) is 4.79 Å². The van der Waals surface area contributed by atoms with Crippen LogP contribution < -0.4 is 5.32 Å². The van der Waals surface area contributed by atoms with Crippen molar-refractivity contribution in [2.24, 2.45) is 0 Å². The molecule has 0 aliphatic carbocycles. The van der Waals surface area contributed by atoms with Gasteiger partial charge in [0, 0.05) is 0 Å². The number of halogens is 1. The second kappa shape index (κ2) is 5.30. The van der Waals surface area contributed by atoms with Crippen LogP contribution in [-0.4, -0.2) is 12.5 Å². The quantitative estimate of drug-likeness (QED) is 0.648. The van der Waals surface area contributed by atoms with E-state index in [9.17, 15) is 9.18 Å². The van der Waals surface area contributed by atoms with Crippen molar-refractivity contribution in [3.8, 4) is 6.07 Å². The van der Waals surface area contributed by atoms with Gasteiger partial charge in [0.25, 0.3) is 0 Å². The van der Waals surface area contributed by atoms with Crippen LogP contribution in [0.25, 0.3) is 0 Å². The molecule has 12 heavy (non-hydrogen) atoms. The largest absolute Gasteiger partial charge is 0.343 e. The highest BCUT2D eigenvalue weighted by atomic mass is 19.1. The zero-order chi connectivity index (χ0) is 9.56. The number of nitrogens with zero attached hydrogens (tertiary/aromatic N) is 1. The van der Waals surface area contributed by atoms with Crippen LogP contribution >= 0.6 is 0 Å². The van der Waals surface area contributed by atoms with Crippen LogP contribution in [0, 0.1) is 11.3 Å². The van der Waals surface area contributed by atoms with Crippen molar-refractivity contribution < 1.29 is 9.18 Å². The van der Waals surface area contributed by atoms with Crippen LogP contribution in [0.5, 0.6) is 0 Å². The van der Waals surface area contributed by atoms with Gasteiger partial charge < -0.3 is 5.32 Å². The summed E-state index contributed by atoms with van der Waals surface area (Å²) in [6.07, 6.45) is 0.0179. The summed E-state index contributed by atoms with van der Waals surface area (Å²) in [4.78, 5) is 10.9. The van der Waals surface area contributed by atoms with Gasteiger partial charge in [-0.25, -0.2) is 4.39 Å². The highest BCUT2D eigenvalue weighted by Crippen LogP contribution is 2.07. The summed E-state index contributed by atoms with van der Waals surface area (Å²) in [6, 6.07) is 1.76. The summed E-state index contributed by atoms with van der Waals surface area (Å²) in [6.45, 7) is 2.81. The van der Waals surface area contributed by atoms with Gasteiger partial charge in [0.2, 0.25) is 5.91 Å². The molecule has 3 nitrogen and oxygen atoms in total. The first-order valence-corrected chi connectivity index (χ1v) is 3.53. The van der Waals surface area contributed by atoms with E-state index in [2.05, 4.69) is 5.32 Å². The summed E-state index contributed by atoms with van der Waals surface area (Å²) in [5.41, 5.74) is 0.394. The average Bonchev–Trinajstić information content (AvgIpc) is 2.00. The predicted octanol–water partition coefficient (Wildman–Crippen LogP) is 1.28. The Morgan fingerprint density at radius 2 is 2.17 bits per heavy atom. The molecular formula is C8H11FN2O. The van der Waals surface area contributed by atoms with E-state index in [-0.39, 0.29) is 24.7 Å². The first-order chi connectivity index (χ1) is 5.57. The monoisotopic (exact) mass is 170 g/mol. The van der Waals surface area contributed by atoms with Gasteiger partial charge in [-0.3, -0.25) is 4.79 Å². The first kappa shape index (κ1) is 10.6. The van der Waals surface area contributed by atoms with Crippen LogP contribution in [0.4, 0.5) is 4.39 Å². The Hall–Kier alpha value is -1.37. The lowest BCUT2D eigenvalue weighted by Crippen LogP contribution is -2.23. The molecule has 0 radical (unpaired) electrons. The molecule has 1 amide bonds. The topological polar surface area (TPSA) is 52.9 Å². The third-order valence-corrected chi connectivity index (χ3v) is 1.38. The molecule has 0 fully saturated rings. The van der Waals surface area contributed by atoms with Crippen molar-refractivity contribution >= 4 is 5.91 Å². The zero-order valence-electron chi connectivity index (χ0n) is 7.15. The summed E-state index contributed by atoms with van der Waals surface area (Å²) in [7, 11) is 0. The Labute approximate surface area is 70.9 Å². The maximum atomic E-state index is 12.4. The number of allylic oxidation sites excluding steroid dienone is 1. The number of hydrogen-bond acceptors (Lipinski definition) is 2. The van der Waals surface area contributed by atoms with Crippen molar-refractivity contribution in [3.63, 3.8) is 0 Å². The number of rotatable bonds is 3. The molecule has 0 aliphatic heterocycles. The minimum absolute atomic E-state index is 0.0179. The van der Waals surface area contributed by atoms with Gasteiger partial charge in [0.15, 0.2) is 0 Å². The van der Waals surface area contributed by atoms with E-state index < -0.39 is 0 Å². The minimum Gasteiger partial charge on any atom is -0.343 e. The van der Waals surface area contributed by atoms with Gasteiger partial charge in [0.1, 0.15) is 6.54 Å². The van der Waals surface area contributed by atoms with E-state index in [1.807, 2.05) is 0 Å². The number of hydrogen-bond donors (Lipinski definition) is 1. The van der Waals surface area contributed by atoms with Crippen LogP contribution in [0.3, 0.4) is 0 Å². The van der Waals surface area contributed by atoms with E-state index >= 15 is 0 Å². The average molecular weight is 170 g/mol. The van der Waals surface area contributed by atoms with Crippen molar-refractivity contribution in [1.29, 1.82) is 5.26 Å². The molecule has 0 rings (SSSR count). The number of nitrogens with one attached hydrogen (secondary N) is 1. The van der Waals surface area contributed by atoms with Crippen molar-refractivity contribution in [1.82, 2.24) is 5.32 Å². The number of carbonyl (C=O) groups excluding carboxylic acids is 1. The lowest BCUT2D eigenvalue weighted by atomic mass is 10.2. The van der Waals surface area contributed by atoms with E-state index in [0.29, 0.717) is 5.57 Å². The van der Waals surface area contributed by atoms with Gasteiger partial charge in [-0.15, -0.1) is 0 Å². The third-order valence-electron chi connectivity index (χ3n) is 1.38. The molecule has 0 saturated heterocycles. The highest BCUT2D eigenvalue weighted by Gasteiger charge is 2.03. The normalized spacial score (nSPS) is 11.5. The van der Waals surface area contributed by atoms with E-state index in [1.54, 1.807) is 13.0 Å². The summed E-state index contributed by atoms with van der Waals surface area (Å²) < 4.78 is 12.4. The molecule has 66 valence electrons. The zero-order valence-corrected chi connectivity index (χ0v) is 7.15. The van der Waals surface area contributed by atoms with Gasteiger partial charge >= 0.3 is 0 Å². The van der Waals surface area contributed by atoms with Crippen LogP contribution in [0.15, 0.2) is 11.4 Å². The Bertz CT molecular complexity index is 236. The fraction of sp³-hybridized carbons (Fsp3) is 0.500. The lowest BCUT2D eigenvalue weighted by Gasteiger charge is -2.00. The second-order valence-electron chi connectivity index (χ2n) is 2.43. The number of amides is 1. The Balaban J connectivity index is 3.88. The van der Waals surface area contributed by atoms with Crippen molar-refractivity contribution in [2.45, 2.75) is 20.3 Å². The molecule has 0 aromatic heterocycles. The molecule has 0 aromatic carbocycles. The standard InChI is InChI=1S/C8H11FN2O/c1-6(7(2)9)5-8(12)11-4-3-10/h4-5H2,1-2H3,(H,11,12)/b7-6+. The Kier molecular flexibility index (Phi) is 4.70. The van der Waals surface area contributed by atoms with Gasteiger partial charge in [-0.05, 0) is 19.4 Å². The summed E-state index contributed by atoms with van der Waals surface area (Å²) >= 11 is 0. The second-order valence-corrected chi connectivity index (χ2v) is 2.43. The fourth-order valence-electron chi connectivity index (χ4n) is 0.563. The molecule has 1 N–H and O–H groups in total. The lowest BCUT2D eigenvalue weighted by molar-refractivity contribution is -0.120. The molecule has 4 heteroatoms. The van der Waals surface area contributed by atoms with Crippen molar-refractivity contribution in [3.05, 3.63) is 11.4 Å². The molecule has 0 bridgehead atoms. The summed E-state index contributed by atoms with van der Waals surface area (Å²) in [5, 5.41) is 10.4. The minimum atomic E-state index is -0.345. The Morgan fingerprint density at radius 1 is 1.58 bits per heavy atom. The molecular weight excluding hydrogens is 159 g/mol. The third kappa shape index (κ3) is 4.45. The molecule has 0 atom stereocenters. The van der Waals surface area contributed by atoms with Crippen LogP contribution in [0.2, 0.25) is 0 Å². The maximum absolute atomic E-state index is 12.4. The van der Waals surface area contributed by atoms with Gasteiger partial charge in [0.05, 0.1) is 18.3 Å². The van der Waals surface area contributed by atoms with E-state index in [1.165, 1.54) is 6.92 Å². The number of nitriles is 1. The fourth-order valence-corrected chi connectivity index (χ4v) is 0.563. The SMILES string of the molecule is C/C(F)=C(/C)CC(=O)NCC#N. The first-order valence-electron chi connectivity index (χ1n) is 3.53. The molecule has 0 unspecified atom stereocenters.